The first-order valence-electron chi connectivity index (χ1n) is 12.6. The Balaban J connectivity index is 0.00000189. The molecule has 0 saturated heterocycles. The molecule has 4 heterocycles. The number of pyridine rings is 2. The molecule has 1 aliphatic carbocycles. The van der Waals surface area contributed by atoms with E-state index in [0.717, 1.165) is 29.8 Å². The quantitative estimate of drug-likeness (QED) is 0.399. The second-order valence-corrected chi connectivity index (χ2v) is 9.50. The molecule has 1 amide bonds. The highest BCUT2D eigenvalue weighted by atomic mass is 32.2. The van der Waals surface area contributed by atoms with E-state index < -0.39 is 29.1 Å². The van der Waals surface area contributed by atoms with Crippen LogP contribution in [0.5, 0.6) is 11.5 Å². The molecule has 2 aliphatic rings. The molecule has 0 radical (unpaired) electrons. The van der Waals surface area contributed by atoms with Gasteiger partial charge in [-0.15, -0.1) is 0 Å². The van der Waals surface area contributed by atoms with Gasteiger partial charge in [-0.3, -0.25) is 20.0 Å². The number of hydrogen-bond donors (Lipinski definition) is 2. The summed E-state index contributed by atoms with van der Waals surface area (Å²) in [6.45, 7) is 4.00. The first-order valence-corrected chi connectivity index (χ1v) is 13.5. The van der Waals surface area contributed by atoms with Gasteiger partial charge in [-0.25, -0.2) is 13.8 Å². The number of carbonyl (C=O) groups excluding carboxylic acids is 1. The first-order chi connectivity index (χ1) is 19.9. The van der Waals surface area contributed by atoms with E-state index in [4.69, 9.17) is 9.47 Å². The van der Waals surface area contributed by atoms with E-state index in [9.17, 15) is 18.4 Å². The van der Waals surface area contributed by atoms with Crippen molar-refractivity contribution in [2.45, 2.75) is 38.6 Å². The van der Waals surface area contributed by atoms with Gasteiger partial charge in [-0.2, -0.15) is 14.9 Å². The zero-order valence-corrected chi connectivity index (χ0v) is 23.5. The molecule has 1 aliphatic heterocycles. The Hall–Kier alpha value is -4.51. The lowest BCUT2D eigenvalue weighted by atomic mass is 10.00. The molecule has 1 unspecified atom stereocenters. The van der Waals surface area contributed by atoms with Crippen molar-refractivity contribution >= 4 is 22.7 Å². The van der Waals surface area contributed by atoms with E-state index in [0.29, 0.717) is 11.0 Å². The number of methoxy groups -OCH3 is 2. The molecule has 1 fully saturated rings. The molecule has 0 spiro atoms. The average Bonchev–Trinajstić information content (AvgIpc) is 3.73. The third-order valence-electron chi connectivity index (χ3n) is 5.72. The maximum Gasteiger partial charge on any atom is 0.280 e. The predicted octanol–water partition coefficient (Wildman–Crippen LogP) is 3.75. The lowest BCUT2D eigenvalue weighted by Crippen LogP contribution is -2.39. The van der Waals surface area contributed by atoms with Crippen LogP contribution in [0.1, 0.15) is 49.2 Å². The molecule has 0 bridgehead atoms. The molecular formula is C27H27F2N7O4S. The molecule has 3 aromatic heterocycles. The van der Waals surface area contributed by atoms with Crippen molar-refractivity contribution in [1.82, 2.24) is 30.5 Å². The van der Waals surface area contributed by atoms with Gasteiger partial charge in [0.2, 0.25) is 0 Å². The molecule has 5 rings (SSSR count). The molecule has 0 aromatic carbocycles. The SMILES string of the molecule is CC.COc1cnn(-c2cc(-c3cc(C(F)F)ncc3OC)c(C(=O)NC3NN=C(C#CC4CC4)S3)cn2)c(=O)c1. The molecule has 214 valence electrons. The van der Waals surface area contributed by atoms with Gasteiger partial charge in [0.1, 0.15) is 17.2 Å². The van der Waals surface area contributed by atoms with Crippen LogP contribution in [0.3, 0.4) is 0 Å². The second-order valence-electron chi connectivity index (χ2n) is 8.40. The second kappa shape index (κ2) is 13.2. The van der Waals surface area contributed by atoms with Crippen LogP contribution in [0.4, 0.5) is 8.78 Å². The minimum Gasteiger partial charge on any atom is -0.495 e. The van der Waals surface area contributed by atoms with E-state index in [1.165, 1.54) is 50.5 Å². The number of thioether (sulfide) groups is 1. The zero-order chi connectivity index (χ0) is 29.5. The Morgan fingerprint density at radius 3 is 2.56 bits per heavy atom. The number of carbonyl (C=O) groups is 1. The Bertz CT molecular complexity index is 1580. The minimum atomic E-state index is -2.87. The summed E-state index contributed by atoms with van der Waals surface area (Å²) < 4.78 is 38.5. The number of hydrazone groups is 1. The van der Waals surface area contributed by atoms with Crippen molar-refractivity contribution in [3.05, 3.63) is 58.4 Å². The minimum absolute atomic E-state index is 0.0324. The van der Waals surface area contributed by atoms with Gasteiger partial charge in [0.25, 0.3) is 17.9 Å². The van der Waals surface area contributed by atoms with Crippen molar-refractivity contribution < 1.29 is 23.0 Å². The van der Waals surface area contributed by atoms with Crippen molar-refractivity contribution in [2.24, 2.45) is 11.0 Å². The van der Waals surface area contributed by atoms with Crippen LogP contribution in [0.25, 0.3) is 16.9 Å². The normalized spacial score (nSPS) is 15.5. The fourth-order valence-electron chi connectivity index (χ4n) is 3.58. The fraction of sp³-hybridized carbons (Fsp3) is 0.333. The van der Waals surface area contributed by atoms with Gasteiger partial charge in [0.05, 0.1) is 32.2 Å². The molecule has 2 N–H and O–H groups in total. The number of ether oxygens (including phenoxy) is 2. The number of alkyl halides is 2. The molecule has 41 heavy (non-hydrogen) atoms. The van der Waals surface area contributed by atoms with E-state index in [2.05, 4.69) is 42.8 Å². The van der Waals surface area contributed by atoms with E-state index in [-0.39, 0.29) is 34.0 Å². The standard InChI is InChI=1S/C25H21F2N7O4S.C2H6/c1-37-14-7-22(35)34(30-10-14)20-9-15(16-8-18(23(26)27)28-12-19(16)38-2)17(11-29-20)24(36)31-25-33-32-21(39-25)6-5-13-3-4-13;1-2/h7-13,23,25,33H,3-4H2,1-2H3,(H,31,36);1-2H3. The predicted molar refractivity (Wildman–Crippen MR) is 150 cm³/mol. The largest absolute Gasteiger partial charge is 0.495 e. The molecule has 1 saturated carbocycles. The molecular weight excluding hydrogens is 556 g/mol. The van der Waals surface area contributed by atoms with Crippen molar-refractivity contribution in [3.63, 3.8) is 0 Å². The number of halogens is 2. The zero-order valence-electron chi connectivity index (χ0n) is 22.6. The monoisotopic (exact) mass is 583 g/mol. The number of nitrogens with one attached hydrogen (secondary N) is 2. The topological polar surface area (TPSA) is 133 Å². The van der Waals surface area contributed by atoms with Crippen molar-refractivity contribution in [2.75, 3.05) is 14.2 Å². The summed E-state index contributed by atoms with van der Waals surface area (Å²) in [6.07, 6.45) is 2.98. The molecule has 3 aromatic rings. The molecule has 1 atom stereocenters. The molecule has 11 nitrogen and oxygen atoms in total. The number of amides is 1. The molecule has 14 heteroatoms. The number of nitrogens with zero attached hydrogens (tertiary/aromatic N) is 5. The summed E-state index contributed by atoms with van der Waals surface area (Å²) in [5.74, 6) is 6.34. The maximum atomic E-state index is 13.6. The van der Waals surface area contributed by atoms with Gasteiger partial charge in [-0.05, 0) is 42.7 Å². The average molecular weight is 584 g/mol. The third kappa shape index (κ3) is 6.98. The smallest absolute Gasteiger partial charge is 0.280 e. The highest BCUT2D eigenvalue weighted by molar-refractivity contribution is 8.15. The van der Waals surface area contributed by atoms with Crippen LogP contribution < -0.4 is 25.8 Å². The van der Waals surface area contributed by atoms with Crippen LogP contribution in [-0.4, -0.2) is 50.4 Å². The van der Waals surface area contributed by atoms with Gasteiger partial charge >= 0.3 is 0 Å². The summed E-state index contributed by atoms with van der Waals surface area (Å²) in [6, 6.07) is 3.73. The lowest BCUT2D eigenvalue weighted by molar-refractivity contribution is 0.0946. The maximum absolute atomic E-state index is 13.6. The van der Waals surface area contributed by atoms with Crippen LogP contribution >= 0.6 is 11.8 Å². The Morgan fingerprint density at radius 1 is 1.12 bits per heavy atom. The van der Waals surface area contributed by atoms with Crippen LogP contribution in [0, 0.1) is 17.8 Å². The van der Waals surface area contributed by atoms with Crippen LogP contribution in [0.15, 0.2) is 46.7 Å². The summed E-state index contributed by atoms with van der Waals surface area (Å²) in [7, 11) is 2.74. The number of rotatable bonds is 7. The van der Waals surface area contributed by atoms with Crippen LogP contribution in [0.2, 0.25) is 0 Å². The highest BCUT2D eigenvalue weighted by Crippen LogP contribution is 2.35. The van der Waals surface area contributed by atoms with Gasteiger partial charge in [-0.1, -0.05) is 19.8 Å². The summed E-state index contributed by atoms with van der Waals surface area (Å²) in [5.41, 5.74) is 1.47. The van der Waals surface area contributed by atoms with E-state index in [1.54, 1.807) is 0 Å². The number of hydrogen-bond acceptors (Lipinski definition) is 10. The van der Waals surface area contributed by atoms with Gasteiger partial charge in [0.15, 0.2) is 16.4 Å². The highest BCUT2D eigenvalue weighted by Gasteiger charge is 2.26. The van der Waals surface area contributed by atoms with E-state index in [1.807, 2.05) is 13.8 Å². The van der Waals surface area contributed by atoms with Crippen LogP contribution in [-0.2, 0) is 0 Å². The van der Waals surface area contributed by atoms with Crippen molar-refractivity contribution in [3.8, 4) is 40.3 Å². The Morgan fingerprint density at radius 2 is 1.90 bits per heavy atom. The van der Waals surface area contributed by atoms with Gasteiger partial charge < -0.3 is 14.8 Å². The summed E-state index contributed by atoms with van der Waals surface area (Å²) in [4.78, 5) is 34.0. The summed E-state index contributed by atoms with van der Waals surface area (Å²) >= 11 is 1.24. The Kier molecular flexibility index (Phi) is 9.51. The lowest BCUT2D eigenvalue weighted by Gasteiger charge is -2.17. The summed E-state index contributed by atoms with van der Waals surface area (Å²) in [5, 5.41) is 11.5. The fourth-order valence-corrected chi connectivity index (χ4v) is 4.30. The van der Waals surface area contributed by atoms with Gasteiger partial charge in [0, 0.05) is 29.3 Å². The first kappa shape index (κ1) is 29.5. The van der Waals surface area contributed by atoms with Crippen molar-refractivity contribution in [1.29, 1.82) is 0 Å². The third-order valence-corrected chi connectivity index (χ3v) is 6.60. The number of aromatic nitrogens is 4. The van der Waals surface area contributed by atoms with E-state index >= 15 is 0 Å². The Labute approximate surface area is 238 Å².